The molecule has 0 radical (unpaired) electrons. The predicted octanol–water partition coefficient (Wildman–Crippen LogP) is 5.14. The van der Waals surface area contributed by atoms with E-state index in [4.69, 9.17) is 4.98 Å². The second-order valence-electron chi connectivity index (χ2n) is 6.80. The Hall–Kier alpha value is -3.40. The summed E-state index contributed by atoms with van der Waals surface area (Å²) in [7, 11) is 0. The Morgan fingerprint density at radius 2 is 1.82 bits per heavy atom. The number of benzene rings is 2. The zero-order valence-corrected chi connectivity index (χ0v) is 15.9. The highest BCUT2D eigenvalue weighted by Crippen LogP contribution is 2.25. The van der Waals surface area contributed by atoms with Crippen LogP contribution in [0.25, 0.3) is 16.9 Å². The monoisotopic (exact) mass is 369 g/mol. The summed E-state index contributed by atoms with van der Waals surface area (Å²) in [5.41, 5.74) is 6.02. The highest BCUT2D eigenvalue weighted by atomic mass is 16.1. The maximum absolute atomic E-state index is 12.6. The fourth-order valence-electron chi connectivity index (χ4n) is 3.44. The van der Waals surface area contributed by atoms with Crippen LogP contribution in [0.4, 0.5) is 5.69 Å². The molecule has 0 saturated carbocycles. The summed E-state index contributed by atoms with van der Waals surface area (Å²) < 4.78 is 2.08. The summed E-state index contributed by atoms with van der Waals surface area (Å²) in [6.45, 7) is 2.11. The van der Waals surface area contributed by atoms with Gasteiger partial charge in [0.1, 0.15) is 5.65 Å². The van der Waals surface area contributed by atoms with E-state index < -0.39 is 0 Å². The molecule has 0 spiro atoms. The maximum Gasteiger partial charge on any atom is 0.224 e. The number of pyridine rings is 1. The van der Waals surface area contributed by atoms with E-state index in [1.165, 1.54) is 5.56 Å². The zero-order valence-electron chi connectivity index (χ0n) is 15.9. The Morgan fingerprint density at radius 3 is 2.64 bits per heavy atom. The van der Waals surface area contributed by atoms with Crippen molar-refractivity contribution in [3.63, 3.8) is 0 Å². The lowest BCUT2D eigenvalue weighted by atomic mass is 10.1. The Morgan fingerprint density at radius 1 is 1.00 bits per heavy atom. The fourth-order valence-corrected chi connectivity index (χ4v) is 3.44. The van der Waals surface area contributed by atoms with Crippen LogP contribution < -0.4 is 5.32 Å². The van der Waals surface area contributed by atoms with E-state index in [0.29, 0.717) is 12.8 Å². The van der Waals surface area contributed by atoms with Gasteiger partial charge >= 0.3 is 0 Å². The number of aromatic nitrogens is 2. The summed E-state index contributed by atoms with van der Waals surface area (Å²) in [4.78, 5) is 17.3. The van der Waals surface area contributed by atoms with Crippen molar-refractivity contribution < 1.29 is 4.79 Å². The van der Waals surface area contributed by atoms with Crippen molar-refractivity contribution in [2.45, 2.75) is 26.2 Å². The average molecular weight is 369 g/mol. The van der Waals surface area contributed by atoms with E-state index in [1.807, 2.05) is 60.8 Å². The standard InChI is InChI=1S/C24H23N3O/c1-2-18-9-8-12-20(17-18)25-23(28)15-14-21-24(19-10-4-3-5-11-19)26-22-13-6-7-16-27(21)22/h3-13,16-17H,2,14-15H2,1H3,(H,25,28). The van der Waals surface area contributed by atoms with Gasteiger partial charge in [0.25, 0.3) is 0 Å². The van der Waals surface area contributed by atoms with E-state index >= 15 is 0 Å². The predicted molar refractivity (Wildman–Crippen MR) is 113 cm³/mol. The molecule has 1 N–H and O–H groups in total. The minimum atomic E-state index is 0.0122. The SMILES string of the molecule is CCc1cccc(NC(=O)CCc2c(-c3ccccc3)nc3ccccn23)c1. The van der Waals surface area contributed by atoms with Crippen LogP contribution in [0.5, 0.6) is 0 Å². The Balaban J connectivity index is 1.56. The molecule has 4 nitrogen and oxygen atoms in total. The van der Waals surface area contributed by atoms with Gasteiger partial charge in [-0.1, -0.05) is 55.5 Å². The highest BCUT2D eigenvalue weighted by molar-refractivity contribution is 5.91. The summed E-state index contributed by atoms with van der Waals surface area (Å²) in [5, 5.41) is 3.02. The third-order valence-electron chi connectivity index (χ3n) is 4.88. The summed E-state index contributed by atoms with van der Waals surface area (Å²) in [5.74, 6) is 0.0122. The Labute approximate surface area is 164 Å². The first-order valence-corrected chi connectivity index (χ1v) is 9.65. The lowest BCUT2D eigenvalue weighted by Crippen LogP contribution is -2.13. The van der Waals surface area contributed by atoms with E-state index in [0.717, 1.165) is 34.7 Å². The maximum atomic E-state index is 12.6. The van der Waals surface area contributed by atoms with Crippen molar-refractivity contribution >= 4 is 17.2 Å². The van der Waals surface area contributed by atoms with Crippen LogP contribution in [0, 0.1) is 0 Å². The second-order valence-corrected chi connectivity index (χ2v) is 6.80. The molecule has 4 heteroatoms. The van der Waals surface area contributed by atoms with Gasteiger partial charge in [0.15, 0.2) is 0 Å². The number of hydrogen-bond donors (Lipinski definition) is 1. The highest BCUT2D eigenvalue weighted by Gasteiger charge is 2.15. The van der Waals surface area contributed by atoms with Crippen molar-refractivity contribution in [1.29, 1.82) is 0 Å². The lowest BCUT2D eigenvalue weighted by molar-refractivity contribution is -0.116. The van der Waals surface area contributed by atoms with Crippen LogP contribution in [0.2, 0.25) is 0 Å². The molecule has 1 amide bonds. The molecule has 4 aromatic rings. The molecular formula is C24H23N3O. The molecule has 0 saturated heterocycles. The van der Waals surface area contributed by atoms with Crippen molar-refractivity contribution in [2.24, 2.45) is 0 Å². The largest absolute Gasteiger partial charge is 0.326 e. The first kappa shape index (κ1) is 18.0. The van der Waals surface area contributed by atoms with Gasteiger partial charge in [0.2, 0.25) is 5.91 Å². The van der Waals surface area contributed by atoms with Gasteiger partial charge in [-0.05, 0) is 42.7 Å². The quantitative estimate of drug-likeness (QED) is 0.512. The van der Waals surface area contributed by atoms with Gasteiger partial charge in [-0.25, -0.2) is 4.98 Å². The zero-order chi connectivity index (χ0) is 19.3. The topological polar surface area (TPSA) is 46.4 Å². The normalized spacial score (nSPS) is 10.9. The molecule has 2 aromatic carbocycles. The van der Waals surface area contributed by atoms with Crippen LogP contribution in [0.1, 0.15) is 24.6 Å². The molecule has 4 rings (SSSR count). The van der Waals surface area contributed by atoms with Gasteiger partial charge in [-0.3, -0.25) is 4.79 Å². The van der Waals surface area contributed by atoms with E-state index in [9.17, 15) is 4.79 Å². The van der Waals surface area contributed by atoms with Gasteiger partial charge < -0.3 is 9.72 Å². The van der Waals surface area contributed by atoms with Crippen molar-refractivity contribution in [2.75, 3.05) is 5.32 Å². The van der Waals surface area contributed by atoms with Gasteiger partial charge in [-0.2, -0.15) is 0 Å². The molecule has 0 bridgehead atoms. The van der Waals surface area contributed by atoms with Crippen LogP contribution in [0.15, 0.2) is 79.0 Å². The third-order valence-corrected chi connectivity index (χ3v) is 4.88. The van der Waals surface area contributed by atoms with E-state index in [2.05, 4.69) is 34.8 Å². The first-order valence-electron chi connectivity index (χ1n) is 9.65. The molecule has 2 heterocycles. The van der Waals surface area contributed by atoms with Crippen LogP contribution in [-0.4, -0.2) is 15.3 Å². The van der Waals surface area contributed by atoms with Crippen molar-refractivity contribution in [3.8, 4) is 11.3 Å². The number of nitrogens with one attached hydrogen (secondary N) is 1. The van der Waals surface area contributed by atoms with Gasteiger partial charge in [0, 0.05) is 23.9 Å². The molecule has 0 aliphatic heterocycles. The number of carbonyl (C=O) groups excluding carboxylic acids is 1. The van der Waals surface area contributed by atoms with E-state index in [-0.39, 0.29) is 5.91 Å². The lowest BCUT2D eigenvalue weighted by Gasteiger charge is -2.08. The molecule has 0 aliphatic carbocycles. The number of fused-ring (bicyclic) bond motifs is 1. The van der Waals surface area contributed by atoms with Crippen molar-refractivity contribution in [1.82, 2.24) is 9.38 Å². The minimum Gasteiger partial charge on any atom is -0.326 e. The number of nitrogens with zero attached hydrogens (tertiary/aromatic N) is 2. The van der Waals surface area contributed by atoms with Gasteiger partial charge in [-0.15, -0.1) is 0 Å². The number of rotatable bonds is 6. The second kappa shape index (κ2) is 8.09. The third kappa shape index (κ3) is 3.81. The van der Waals surface area contributed by atoms with Crippen molar-refractivity contribution in [3.05, 3.63) is 90.3 Å². The number of hydrogen-bond acceptors (Lipinski definition) is 2. The number of imidazole rings is 1. The first-order chi connectivity index (χ1) is 13.7. The summed E-state index contributed by atoms with van der Waals surface area (Å²) in [6.07, 6.45) is 3.98. The summed E-state index contributed by atoms with van der Waals surface area (Å²) >= 11 is 0. The van der Waals surface area contributed by atoms with Crippen LogP contribution in [-0.2, 0) is 17.6 Å². The summed E-state index contributed by atoms with van der Waals surface area (Å²) in [6, 6.07) is 24.1. The molecule has 140 valence electrons. The van der Waals surface area contributed by atoms with Gasteiger partial charge in [0.05, 0.1) is 11.4 Å². The van der Waals surface area contributed by atoms with E-state index in [1.54, 1.807) is 0 Å². The Bertz CT molecular complexity index is 1100. The molecule has 0 aliphatic rings. The molecule has 0 fully saturated rings. The number of amides is 1. The van der Waals surface area contributed by atoms with Crippen LogP contribution >= 0.6 is 0 Å². The molecule has 28 heavy (non-hydrogen) atoms. The number of carbonyl (C=O) groups is 1. The fraction of sp³-hybridized carbons (Fsp3) is 0.167. The number of aryl methyl sites for hydroxylation is 2. The minimum absolute atomic E-state index is 0.0122. The van der Waals surface area contributed by atoms with Crippen LogP contribution in [0.3, 0.4) is 0 Å². The number of anilines is 1. The average Bonchev–Trinajstić information content (AvgIpc) is 3.11. The molecular weight excluding hydrogens is 346 g/mol. The Kier molecular flexibility index (Phi) is 5.20. The molecule has 0 unspecified atom stereocenters. The smallest absolute Gasteiger partial charge is 0.224 e. The molecule has 0 atom stereocenters. The molecule has 2 aromatic heterocycles.